The van der Waals surface area contributed by atoms with E-state index >= 15 is 0 Å². The Kier molecular flexibility index (Phi) is 5.65. The van der Waals surface area contributed by atoms with Gasteiger partial charge in [-0.1, -0.05) is 18.2 Å². The molecule has 8 nitrogen and oxygen atoms in total. The number of rotatable bonds is 3. The Hall–Kier alpha value is -3.23. The molecule has 2 N–H and O–H groups in total. The van der Waals surface area contributed by atoms with Crippen molar-refractivity contribution in [1.29, 1.82) is 0 Å². The van der Waals surface area contributed by atoms with E-state index in [4.69, 9.17) is 4.74 Å². The van der Waals surface area contributed by atoms with Gasteiger partial charge in [0.2, 0.25) is 5.91 Å². The summed E-state index contributed by atoms with van der Waals surface area (Å²) in [6, 6.07) is 6.39. The third-order valence-corrected chi connectivity index (χ3v) is 4.57. The number of halogens is 1. The number of alkyl carbamates (subject to hydrolysis) is 1. The summed E-state index contributed by atoms with van der Waals surface area (Å²) in [4.78, 5) is 32.8. The first kappa shape index (κ1) is 21.5. The van der Waals surface area contributed by atoms with E-state index in [9.17, 15) is 14.0 Å². The molecule has 1 aliphatic heterocycles. The Balaban J connectivity index is 2.03. The predicted octanol–water partition coefficient (Wildman–Crippen LogP) is 2.86. The summed E-state index contributed by atoms with van der Waals surface area (Å²) in [7, 11) is 0. The molecule has 30 heavy (non-hydrogen) atoms. The van der Waals surface area contributed by atoms with Crippen LogP contribution in [0.2, 0.25) is 0 Å². The first-order valence-corrected chi connectivity index (χ1v) is 9.62. The average Bonchev–Trinajstić information content (AvgIpc) is 3.01. The number of fused-ring (bicyclic) bond motifs is 1. The quantitative estimate of drug-likeness (QED) is 0.805. The van der Waals surface area contributed by atoms with Gasteiger partial charge < -0.3 is 14.6 Å². The largest absolute Gasteiger partial charge is 0.444 e. The number of carbonyl (C=O) groups is 2. The molecule has 1 aromatic heterocycles. The number of hydrogen-bond acceptors (Lipinski definition) is 5. The molecule has 160 valence electrons. The molecule has 1 aromatic carbocycles. The number of aromatic nitrogens is 2. The molecule has 1 aliphatic rings. The Labute approximate surface area is 174 Å². The van der Waals surface area contributed by atoms with Crippen LogP contribution in [0.3, 0.4) is 0 Å². The summed E-state index contributed by atoms with van der Waals surface area (Å²) in [5, 5.41) is 5.39. The van der Waals surface area contributed by atoms with Crippen molar-refractivity contribution in [2.24, 2.45) is 4.99 Å². The molecule has 1 atom stereocenters. The molecule has 0 saturated heterocycles. The van der Waals surface area contributed by atoms with Gasteiger partial charge in [-0.3, -0.25) is 15.1 Å². The second kappa shape index (κ2) is 7.89. The maximum absolute atomic E-state index is 14.6. The van der Waals surface area contributed by atoms with Gasteiger partial charge in [0, 0.05) is 12.5 Å². The summed E-state index contributed by atoms with van der Waals surface area (Å²) >= 11 is 0. The zero-order chi connectivity index (χ0) is 22.1. The lowest BCUT2D eigenvalue weighted by Crippen LogP contribution is -2.44. The van der Waals surface area contributed by atoms with Crippen molar-refractivity contribution in [1.82, 2.24) is 20.2 Å². The standard InChI is InChI=1S/C21H26FN5O3/c1-13(28)23-11-17-24-10-16-18(25-19(29)30-20(2,3)4)26-21(5,12-27(16)17)14-8-6-7-9-15(14)22/h6-10H,11-12H2,1-5H3,(H,23,28)(H,25,26,29)/t21-/m0/s1. The number of imidazole rings is 1. The molecular weight excluding hydrogens is 389 g/mol. The monoisotopic (exact) mass is 415 g/mol. The summed E-state index contributed by atoms with van der Waals surface area (Å²) in [6.45, 7) is 8.96. The van der Waals surface area contributed by atoms with Crippen molar-refractivity contribution in [3.63, 3.8) is 0 Å². The van der Waals surface area contributed by atoms with Crippen LogP contribution in [0.5, 0.6) is 0 Å². The van der Waals surface area contributed by atoms with Gasteiger partial charge in [0.15, 0.2) is 5.84 Å². The van der Waals surface area contributed by atoms with Crippen LogP contribution in [-0.2, 0) is 28.2 Å². The van der Waals surface area contributed by atoms with Crippen molar-refractivity contribution >= 4 is 17.8 Å². The maximum Gasteiger partial charge on any atom is 0.413 e. The number of aliphatic imine (C=N–C) groups is 1. The summed E-state index contributed by atoms with van der Waals surface area (Å²) in [6.07, 6.45) is 0.893. The van der Waals surface area contributed by atoms with Gasteiger partial charge in [0.25, 0.3) is 0 Å². The lowest BCUT2D eigenvalue weighted by Gasteiger charge is -2.33. The van der Waals surface area contributed by atoms with E-state index in [0.717, 1.165) is 0 Å². The van der Waals surface area contributed by atoms with Crippen LogP contribution in [0, 0.1) is 5.82 Å². The Morgan fingerprint density at radius 2 is 2.00 bits per heavy atom. The molecule has 9 heteroatoms. The zero-order valence-electron chi connectivity index (χ0n) is 17.7. The zero-order valence-corrected chi connectivity index (χ0v) is 17.7. The fraction of sp³-hybridized carbons (Fsp3) is 0.429. The van der Waals surface area contributed by atoms with Crippen molar-refractivity contribution in [2.45, 2.75) is 58.8 Å². The number of benzene rings is 1. The van der Waals surface area contributed by atoms with Gasteiger partial charge in [0.05, 0.1) is 19.3 Å². The maximum atomic E-state index is 14.6. The average molecular weight is 415 g/mol. The number of amidine groups is 1. The van der Waals surface area contributed by atoms with Crippen molar-refractivity contribution < 1.29 is 18.7 Å². The van der Waals surface area contributed by atoms with E-state index in [1.54, 1.807) is 52.1 Å². The van der Waals surface area contributed by atoms with Crippen LogP contribution >= 0.6 is 0 Å². The van der Waals surface area contributed by atoms with Crippen LogP contribution in [0.1, 0.15) is 51.7 Å². The molecule has 0 unspecified atom stereocenters. The predicted molar refractivity (Wildman–Crippen MR) is 109 cm³/mol. The normalized spacial score (nSPS) is 18.3. The van der Waals surface area contributed by atoms with E-state index in [2.05, 4.69) is 20.6 Å². The Morgan fingerprint density at radius 3 is 2.63 bits per heavy atom. The van der Waals surface area contributed by atoms with Gasteiger partial charge in [-0.2, -0.15) is 0 Å². The van der Waals surface area contributed by atoms with E-state index in [1.165, 1.54) is 13.0 Å². The van der Waals surface area contributed by atoms with Crippen molar-refractivity contribution in [3.8, 4) is 0 Å². The molecule has 0 bridgehead atoms. The highest BCUT2D eigenvalue weighted by Crippen LogP contribution is 2.34. The molecule has 0 aliphatic carbocycles. The molecule has 2 aromatic rings. The molecule has 0 spiro atoms. The SMILES string of the molecule is CC(=O)NCc1ncc2n1C[C@@](C)(c1ccccc1F)N=C2NC(=O)OC(C)(C)C. The number of ether oxygens (including phenoxy) is 1. The Bertz CT molecular complexity index is 1010. The second-order valence-corrected chi connectivity index (χ2v) is 8.40. The van der Waals surface area contributed by atoms with Gasteiger partial charge in [-0.15, -0.1) is 0 Å². The fourth-order valence-electron chi connectivity index (χ4n) is 3.31. The first-order valence-electron chi connectivity index (χ1n) is 9.62. The fourth-order valence-corrected chi connectivity index (χ4v) is 3.31. The highest BCUT2D eigenvalue weighted by Gasteiger charge is 2.37. The van der Waals surface area contributed by atoms with Gasteiger partial charge in [-0.25, -0.2) is 14.2 Å². The number of nitrogens with zero attached hydrogens (tertiary/aromatic N) is 3. The Morgan fingerprint density at radius 1 is 1.30 bits per heavy atom. The smallest absolute Gasteiger partial charge is 0.413 e. The molecule has 0 radical (unpaired) electrons. The second-order valence-electron chi connectivity index (χ2n) is 8.40. The van der Waals surface area contributed by atoms with E-state index in [-0.39, 0.29) is 24.8 Å². The lowest BCUT2D eigenvalue weighted by atomic mass is 9.90. The molecular formula is C21H26FN5O3. The molecule has 0 saturated carbocycles. The number of carbonyl (C=O) groups excluding carboxylic acids is 2. The van der Waals surface area contributed by atoms with Crippen LogP contribution in [0.15, 0.2) is 35.5 Å². The highest BCUT2D eigenvalue weighted by atomic mass is 19.1. The third kappa shape index (κ3) is 4.67. The highest BCUT2D eigenvalue weighted by molar-refractivity contribution is 6.06. The number of hydrogen-bond donors (Lipinski definition) is 2. The summed E-state index contributed by atoms with van der Waals surface area (Å²) < 4.78 is 21.8. The van der Waals surface area contributed by atoms with Crippen molar-refractivity contribution in [3.05, 3.63) is 53.4 Å². The minimum Gasteiger partial charge on any atom is -0.444 e. The van der Waals surface area contributed by atoms with Gasteiger partial charge >= 0.3 is 6.09 Å². The molecule has 3 rings (SSSR count). The van der Waals surface area contributed by atoms with Crippen LogP contribution in [0.4, 0.5) is 9.18 Å². The minimum atomic E-state index is -1.01. The summed E-state index contributed by atoms with van der Waals surface area (Å²) in [5.41, 5.74) is -0.757. The first-order chi connectivity index (χ1) is 14.0. The molecule has 2 amide bonds. The molecule has 0 fully saturated rings. The van der Waals surface area contributed by atoms with Crippen LogP contribution in [0.25, 0.3) is 0 Å². The lowest BCUT2D eigenvalue weighted by molar-refractivity contribution is -0.119. The van der Waals surface area contributed by atoms with Crippen LogP contribution < -0.4 is 10.6 Å². The van der Waals surface area contributed by atoms with Crippen molar-refractivity contribution in [2.75, 3.05) is 0 Å². The van der Waals surface area contributed by atoms with E-state index in [1.807, 2.05) is 4.57 Å². The van der Waals surface area contributed by atoms with Gasteiger partial charge in [0.1, 0.15) is 28.5 Å². The van der Waals surface area contributed by atoms with Crippen LogP contribution in [-0.4, -0.2) is 33.0 Å². The minimum absolute atomic E-state index is 0.194. The molecule has 2 heterocycles. The summed E-state index contributed by atoms with van der Waals surface area (Å²) in [5.74, 6) is 0.206. The topological polar surface area (TPSA) is 97.6 Å². The van der Waals surface area contributed by atoms with Gasteiger partial charge in [-0.05, 0) is 33.8 Å². The number of amides is 2. The third-order valence-electron chi connectivity index (χ3n) is 4.57. The number of nitrogens with one attached hydrogen (secondary N) is 2. The van der Waals surface area contributed by atoms with E-state index < -0.39 is 23.1 Å². The van der Waals surface area contributed by atoms with E-state index in [0.29, 0.717) is 17.1 Å².